The first-order valence-corrected chi connectivity index (χ1v) is 10.2. The first-order valence-electron chi connectivity index (χ1n) is 8.58. The monoisotopic (exact) mass is 390 g/mol. The molecule has 0 bridgehead atoms. The van der Waals surface area contributed by atoms with Gasteiger partial charge in [-0.05, 0) is 24.7 Å². The van der Waals surface area contributed by atoms with Crippen molar-refractivity contribution in [3.05, 3.63) is 0 Å². The summed E-state index contributed by atoms with van der Waals surface area (Å²) in [6.07, 6.45) is -2.72. The number of halogens is 3. The van der Waals surface area contributed by atoms with Crippen LogP contribution in [0.3, 0.4) is 0 Å². The Balaban J connectivity index is 4.46. The third-order valence-corrected chi connectivity index (χ3v) is 4.80. The molecule has 2 atom stereocenters. The van der Waals surface area contributed by atoms with E-state index < -0.39 is 34.1 Å². The molecule has 1 N–H and O–H groups in total. The van der Waals surface area contributed by atoms with Gasteiger partial charge in [-0.2, -0.15) is 21.6 Å². The van der Waals surface area contributed by atoms with Gasteiger partial charge in [0, 0.05) is 6.42 Å². The molecule has 0 aliphatic heterocycles. The van der Waals surface area contributed by atoms with Crippen LogP contribution in [0.5, 0.6) is 0 Å². The molecule has 0 heterocycles. The van der Waals surface area contributed by atoms with Crippen molar-refractivity contribution in [2.75, 3.05) is 5.75 Å². The fourth-order valence-corrected chi connectivity index (χ4v) is 3.22. The molecular formula is C16H29F3O5S. The number of rotatable bonds is 12. The number of hydrogen-bond donors (Lipinski definition) is 1. The van der Waals surface area contributed by atoms with Crippen molar-refractivity contribution >= 4 is 16.1 Å². The van der Waals surface area contributed by atoms with Gasteiger partial charge in [0.05, 0.1) is 0 Å². The van der Waals surface area contributed by atoms with Gasteiger partial charge in [-0.15, -0.1) is 0 Å². The third kappa shape index (κ3) is 12.2. The predicted octanol–water partition coefficient (Wildman–Crippen LogP) is 4.37. The van der Waals surface area contributed by atoms with Gasteiger partial charge in [-0.1, -0.05) is 46.5 Å². The van der Waals surface area contributed by atoms with Crippen LogP contribution in [0.4, 0.5) is 13.2 Å². The Bertz CT molecular complexity index is 488. The number of alkyl halides is 3. The fourth-order valence-electron chi connectivity index (χ4n) is 2.58. The minimum absolute atomic E-state index is 0.213. The fraction of sp³-hybridized carbons (Fsp3) is 0.938. The van der Waals surface area contributed by atoms with Crippen molar-refractivity contribution in [1.82, 2.24) is 0 Å². The maximum Gasteiger partial charge on any atom is 0.426 e. The topological polar surface area (TPSA) is 80.7 Å². The maximum atomic E-state index is 12.7. The average Bonchev–Trinajstić information content (AvgIpc) is 2.42. The summed E-state index contributed by atoms with van der Waals surface area (Å²) in [5, 5.41) is 0. The number of unbranched alkanes of at least 4 members (excludes halogenated alkanes) is 2. The Morgan fingerprint density at radius 1 is 1.12 bits per heavy atom. The van der Waals surface area contributed by atoms with Gasteiger partial charge in [-0.25, -0.2) is 0 Å². The molecule has 2 unspecified atom stereocenters. The van der Waals surface area contributed by atoms with E-state index in [1.54, 1.807) is 0 Å². The molecule has 0 aromatic rings. The summed E-state index contributed by atoms with van der Waals surface area (Å²) in [6, 6.07) is 0. The third-order valence-electron chi connectivity index (χ3n) is 4.08. The van der Waals surface area contributed by atoms with Gasteiger partial charge in [0.1, 0.15) is 5.75 Å². The quantitative estimate of drug-likeness (QED) is 0.304. The zero-order valence-corrected chi connectivity index (χ0v) is 15.8. The van der Waals surface area contributed by atoms with Gasteiger partial charge in [0.2, 0.25) is 6.10 Å². The lowest BCUT2D eigenvalue weighted by atomic mass is 9.86. The molecule has 0 spiro atoms. The molecule has 0 aliphatic carbocycles. The highest BCUT2D eigenvalue weighted by molar-refractivity contribution is 7.85. The van der Waals surface area contributed by atoms with E-state index in [2.05, 4.69) is 25.5 Å². The molecule has 0 saturated heterocycles. The Kier molecular flexibility index (Phi) is 10.6. The molecule has 0 aliphatic rings. The van der Waals surface area contributed by atoms with Crippen LogP contribution in [0.2, 0.25) is 0 Å². The van der Waals surface area contributed by atoms with E-state index in [0.29, 0.717) is 24.7 Å². The van der Waals surface area contributed by atoms with Crippen molar-refractivity contribution < 1.29 is 35.7 Å². The van der Waals surface area contributed by atoms with Crippen LogP contribution in [-0.2, 0) is 19.6 Å². The molecule has 0 rings (SSSR count). The Labute approximate surface area is 148 Å². The number of carbonyl (C=O) groups is 1. The first kappa shape index (κ1) is 24.2. The van der Waals surface area contributed by atoms with Crippen LogP contribution >= 0.6 is 0 Å². The van der Waals surface area contributed by atoms with E-state index in [1.165, 1.54) is 0 Å². The lowest BCUT2D eigenvalue weighted by Crippen LogP contribution is -2.39. The molecule has 0 fully saturated rings. The van der Waals surface area contributed by atoms with E-state index in [1.807, 2.05) is 0 Å². The van der Waals surface area contributed by atoms with Gasteiger partial charge in [0.15, 0.2) is 0 Å². The van der Waals surface area contributed by atoms with Crippen molar-refractivity contribution in [2.24, 2.45) is 11.8 Å². The van der Waals surface area contributed by atoms with Gasteiger partial charge < -0.3 is 4.74 Å². The van der Waals surface area contributed by atoms with Crippen molar-refractivity contribution in [3.8, 4) is 0 Å². The van der Waals surface area contributed by atoms with E-state index >= 15 is 0 Å². The molecule has 0 radical (unpaired) electrons. The zero-order valence-electron chi connectivity index (χ0n) is 15.0. The summed E-state index contributed by atoms with van der Waals surface area (Å²) in [5.41, 5.74) is 0. The molecule has 5 nitrogen and oxygen atoms in total. The summed E-state index contributed by atoms with van der Waals surface area (Å²) >= 11 is 0. The Morgan fingerprint density at radius 2 is 1.68 bits per heavy atom. The lowest BCUT2D eigenvalue weighted by Gasteiger charge is -2.21. The van der Waals surface area contributed by atoms with Crippen molar-refractivity contribution in [3.63, 3.8) is 0 Å². The normalized spacial score (nSPS) is 15.2. The van der Waals surface area contributed by atoms with E-state index in [9.17, 15) is 26.4 Å². The molecule has 150 valence electrons. The van der Waals surface area contributed by atoms with Crippen LogP contribution in [0.15, 0.2) is 0 Å². The SMILES string of the molecule is CCCCCC(CCCC(=O)OC(CS(=O)(=O)O)C(F)(F)F)C(C)C. The van der Waals surface area contributed by atoms with Crippen LogP contribution in [0.1, 0.15) is 65.7 Å². The number of esters is 1. The molecule has 0 amide bonds. The Hall–Kier alpha value is -0.830. The summed E-state index contributed by atoms with van der Waals surface area (Å²) in [4.78, 5) is 11.6. The van der Waals surface area contributed by atoms with Gasteiger partial charge >= 0.3 is 12.1 Å². The first-order chi connectivity index (χ1) is 11.4. The van der Waals surface area contributed by atoms with Crippen LogP contribution in [0.25, 0.3) is 0 Å². The standard InChI is InChI=1S/C16H29F3O5S/c1-4-5-6-8-13(12(2)3)9-7-10-15(20)24-14(16(17,18)19)11-25(21,22)23/h12-14H,4-11H2,1-3H3,(H,21,22,23). The highest BCUT2D eigenvalue weighted by Gasteiger charge is 2.45. The highest BCUT2D eigenvalue weighted by Crippen LogP contribution is 2.26. The number of ether oxygens (including phenoxy) is 1. The zero-order chi connectivity index (χ0) is 19.7. The van der Waals surface area contributed by atoms with Gasteiger partial charge in [-0.3, -0.25) is 9.35 Å². The largest absolute Gasteiger partial charge is 0.451 e. The maximum absolute atomic E-state index is 12.7. The van der Waals surface area contributed by atoms with E-state index in [0.717, 1.165) is 25.7 Å². The lowest BCUT2D eigenvalue weighted by molar-refractivity contribution is -0.215. The molecule has 9 heteroatoms. The minimum atomic E-state index is -5.05. The van der Waals surface area contributed by atoms with Crippen LogP contribution in [-0.4, -0.2) is 37.0 Å². The number of hydrogen-bond acceptors (Lipinski definition) is 4. The van der Waals surface area contributed by atoms with Crippen LogP contribution in [0, 0.1) is 11.8 Å². The molecule has 25 heavy (non-hydrogen) atoms. The number of carbonyl (C=O) groups excluding carboxylic acids is 1. The molecule has 0 aromatic carbocycles. The summed E-state index contributed by atoms with van der Waals surface area (Å²) < 4.78 is 72.1. The average molecular weight is 390 g/mol. The van der Waals surface area contributed by atoms with Crippen molar-refractivity contribution in [2.45, 2.75) is 78.0 Å². The minimum Gasteiger partial charge on any atom is -0.451 e. The van der Waals surface area contributed by atoms with Gasteiger partial charge in [0.25, 0.3) is 10.1 Å². The molecule has 0 saturated carbocycles. The van der Waals surface area contributed by atoms with Crippen molar-refractivity contribution in [1.29, 1.82) is 0 Å². The highest BCUT2D eigenvalue weighted by atomic mass is 32.2. The molecule has 0 aromatic heterocycles. The smallest absolute Gasteiger partial charge is 0.426 e. The second-order valence-electron chi connectivity index (χ2n) is 6.66. The summed E-state index contributed by atoms with van der Waals surface area (Å²) in [6.45, 7) is 6.24. The molecular weight excluding hydrogens is 361 g/mol. The summed E-state index contributed by atoms with van der Waals surface area (Å²) in [5.74, 6) is -2.00. The second kappa shape index (κ2) is 11.0. The van der Waals surface area contributed by atoms with E-state index in [4.69, 9.17) is 4.55 Å². The van der Waals surface area contributed by atoms with Crippen LogP contribution < -0.4 is 0 Å². The Morgan fingerprint density at radius 3 is 2.12 bits per heavy atom. The van der Waals surface area contributed by atoms with E-state index in [-0.39, 0.29) is 6.42 Å². The second-order valence-corrected chi connectivity index (χ2v) is 8.16. The summed E-state index contributed by atoms with van der Waals surface area (Å²) in [7, 11) is -4.91. The predicted molar refractivity (Wildman–Crippen MR) is 88.7 cm³/mol.